The van der Waals surface area contributed by atoms with Crippen molar-refractivity contribution in [3.8, 4) is 6.07 Å². The van der Waals surface area contributed by atoms with Crippen molar-refractivity contribution < 1.29 is 4.39 Å². The first kappa shape index (κ1) is 15.0. The number of rotatable bonds is 6. The van der Waals surface area contributed by atoms with Gasteiger partial charge in [0.05, 0.1) is 6.07 Å². The van der Waals surface area contributed by atoms with Crippen LogP contribution in [0.3, 0.4) is 0 Å². The molecule has 1 aromatic rings. The third kappa shape index (κ3) is 5.07. The number of nitrogens with one attached hydrogen (secondary N) is 1. The molecule has 0 aliphatic carbocycles. The molecule has 0 amide bonds. The van der Waals surface area contributed by atoms with Gasteiger partial charge in [-0.15, -0.1) is 11.8 Å². The van der Waals surface area contributed by atoms with Crippen LogP contribution in [-0.4, -0.2) is 17.3 Å². The zero-order valence-corrected chi connectivity index (χ0v) is 11.9. The molecule has 1 atom stereocenters. The summed E-state index contributed by atoms with van der Waals surface area (Å²) in [7, 11) is 0. The Morgan fingerprint density at radius 3 is 2.50 bits per heavy atom. The van der Waals surface area contributed by atoms with E-state index in [-0.39, 0.29) is 11.9 Å². The van der Waals surface area contributed by atoms with E-state index in [0.29, 0.717) is 0 Å². The van der Waals surface area contributed by atoms with Gasteiger partial charge in [-0.2, -0.15) is 5.26 Å². The maximum Gasteiger partial charge on any atom is 0.123 e. The summed E-state index contributed by atoms with van der Waals surface area (Å²) in [4.78, 5) is 1.03. The summed E-state index contributed by atoms with van der Waals surface area (Å²) in [6.45, 7) is 5.98. The molecule has 0 aromatic heterocycles. The van der Waals surface area contributed by atoms with Crippen LogP contribution in [0.4, 0.5) is 4.39 Å². The lowest BCUT2D eigenvalue weighted by molar-refractivity contribution is 0.397. The van der Waals surface area contributed by atoms with Crippen LogP contribution in [0.15, 0.2) is 29.2 Å². The highest BCUT2D eigenvalue weighted by molar-refractivity contribution is 7.99. The molecular weight excluding hydrogens is 247 g/mol. The molecule has 4 heteroatoms. The molecule has 0 aliphatic rings. The Morgan fingerprint density at radius 2 is 2.00 bits per heavy atom. The second-order valence-corrected chi connectivity index (χ2v) is 5.96. The first-order valence-corrected chi connectivity index (χ1v) is 7.01. The van der Waals surface area contributed by atoms with Crippen molar-refractivity contribution in [2.45, 2.75) is 43.7 Å². The van der Waals surface area contributed by atoms with E-state index < -0.39 is 5.54 Å². The van der Waals surface area contributed by atoms with E-state index in [1.54, 1.807) is 23.9 Å². The summed E-state index contributed by atoms with van der Waals surface area (Å²) in [5.74, 6) is 0.609. The molecular formula is C14H19FN2S. The number of thioether (sulfide) groups is 1. The maximum absolute atomic E-state index is 12.7. The van der Waals surface area contributed by atoms with Gasteiger partial charge < -0.3 is 0 Å². The molecule has 1 N–H and O–H groups in total. The van der Waals surface area contributed by atoms with Crippen molar-refractivity contribution in [3.05, 3.63) is 30.1 Å². The van der Waals surface area contributed by atoms with Crippen LogP contribution in [0.1, 0.15) is 27.2 Å². The predicted molar refractivity (Wildman–Crippen MR) is 74.0 cm³/mol. The normalized spacial score (nSPS) is 14.2. The smallest absolute Gasteiger partial charge is 0.123 e. The van der Waals surface area contributed by atoms with Gasteiger partial charge >= 0.3 is 0 Å². The van der Waals surface area contributed by atoms with Gasteiger partial charge in [0.1, 0.15) is 11.4 Å². The van der Waals surface area contributed by atoms with Gasteiger partial charge in [0, 0.05) is 16.7 Å². The number of hydrogen-bond donors (Lipinski definition) is 1. The standard InChI is InChI=1S/C14H19FN2S/c1-11(2)17-14(3,10-16)8-9-18-13-6-4-12(15)5-7-13/h4-7,11,17H,8-9H2,1-3H3. The summed E-state index contributed by atoms with van der Waals surface area (Å²) >= 11 is 1.64. The fourth-order valence-electron chi connectivity index (χ4n) is 1.70. The van der Waals surface area contributed by atoms with Crippen molar-refractivity contribution in [3.63, 3.8) is 0 Å². The highest BCUT2D eigenvalue weighted by atomic mass is 32.2. The summed E-state index contributed by atoms with van der Waals surface area (Å²) in [5, 5.41) is 12.5. The molecule has 1 rings (SSSR count). The van der Waals surface area contributed by atoms with Crippen LogP contribution in [0.2, 0.25) is 0 Å². The van der Waals surface area contributed by atoms with Gasteiger partial charge in [-0.1, -0.05) is 0 Å². The van der Waals surface area contributed by atoms with Gasteiger partial charge in [-0.3, -0.25) is 5.32 Å². The van der Waals surface area contributed by atoms with Crippen LogP contribution in [0.5, 0.6) is 0 Å². The van der Waals surface area contributed by atoms with Crippen LogP contribution in [0.25, 0.3) is 0 Å². The van der Waals surface area contributed by atoms with Crippen molar-refractivity contribution in [2.75, 3.05) is 5.75 Å². The SMILES string of the molecule is CC(C)NC(C)(C#N)CCSc1ccc(F)cc1. The minimum absolute atomic E-state index is 0.220. The quantitative estimate of drug-likeness (QED) is 0.799. The van der Waals surface area contributed by atoms with Gasteiger partial charge in [-0.05, 0) is 51.5 Å². The number of halogens is 1. The fourth-order valence-corrected chi connectivity index (χ4v) is 2.78. The summed E-state index contributed by atoms with van der Waals surface area (Å²) < 4.78 is 12.7. The largest absolute Gasteiger partial charge is 0.297 e. The molecule has 0 aliphatic heterocycles. The number of hydrogen-bond acceptors (Lipinski definition) is 3. The Labute approximate surface area is 113 Å². The Morgan fingerprint density at radius 1 is 1.39 bits per heavy atom. The summed E-state index contributed by atoms with van der Waals surface area (Å²) in [6.07, 6.45) is 0.754. The van der Waals surface area contributed by atoms with E-state index in [1.165, 1.54) is 12.1 Å². The average molecular weight is 266 g/mol. The van der Waals surface area contributed by atoms with E-state index in [9.17, 15) is 9.65 Å². The van der Waals surface area contributed by atoms with Crippen molar-refractivity contribution in [1.29, 1.82) is 5.26 Å². The van der Waals surface area contributed by atoms with Crippen LogP contribution in [0, 0.1) is 17.1 Å². The number of nitriles is 1. The molecule has 0 bridgehead atoms. The van der Waals surface area contributed by atoms with Crippen LogP contribution >= 0.6 is 11.8 Å². The van der Waals surface area contributed by atoms with Crippen molar-refractivity contribution in [1.82, 2.24) is 5.32 Å². The lowest BCUT2D eigenvalue weighted by Gasteiger charge is -2.25. The monoisotopic (exact) mass is 266 g/mol. The highest BCUT2D eigenvalue weighted by Crippen LogP contribution is 2.22. The number of nitrogens with zero attached hydrogens (tertiary/aromatic N) is 1. The molecule has 2 nitrogen and oxygen atoms in total. The van der Waals surface area contributed by atoms with Crippen LogP contribution in [-0.2, 0) is 0 Å². The van der Waals surface area contributed by atoms with E-state index in [4.69, 9.17) is 0 Å². The third-order valence-electron chi connectivity index (χ3n) is 2.54. The van der Waals surface area contributed by atoms with Crippen molar-refractivity contribution in [2.24, 2.45) is 0 Å². The Kier molecular flexibility index (Phi) is 5.64. The highest BCUT2D eigenvalue weighted by Gasteiger charge is 2.23. The molecule has 0 spiro atoms. The lowest BCUT2D eigenvalue weighted by atomic mass is 10.0. The lowest BCUT2D eigenvalue weighted by Crippen LogP contribution is -2.45. The Balaban J connectivity index is 2.45. The van der Waals surface area contributed by atoms with E-state index >= 15 is 0 Å². The minimum atomic E-state index is -0.499. The van der Waals surface area contributed by atoms with Gasteiger partial charge in [0.15, 0.2) is 0 Å². The number of benzene rings is 1. The molecule has 0 heterocycles. The average Bonchev–Trinajstić information content (AvgIpc) is 2.31. The molecule has 1 aromatic carbocycles. The molecule has 1 unspecified atom stereocenters. The minimum Gasteiger partial charge on any atom is -0.297 e. The molecule has 98 valence electrons. The van der Waals surface area contributed by atoms with E-state index in [2.05, 4.69) is 11.4 Å². The molecule has 18 heavy (non-hydrogen) atoms. The second kappa shape index (κ2) is 6.77. The Bertz CT molecular complexity index is 411. The van der Waals surface area contributed by atoms with Crippen molar-refractivity contribution >= 4 is 11.8 Å². The summed E-state index contributed by atoms with van der Waals surface area (Å²) in [5.41, 5.74) is -0.499. The topological polar surface area (TPSA) is 35.8 Å². The van der Waals surface area contributed by atoms with E-state index in [1.807, 2.05) is 20.8 Å². The van der Waals surface area contributed by atoms with E-state index in [0.717, 1.165) is 17.1 Å². The first-order valence-electron chi connectivity index (χ1n) is 6.02. The Hall–Kier alpha value is -1.05. The third-order valence-corrected chi connectivity index (χ3v) is 3.55. The molecule has 0 fully saturated rings. The van der Waals surface area contributed by atoms with Gasteiger partial charge in [0.25, 0.3) is 0 Å². The molecule has 0 saturated heterocycles. The first-order chi connectivity index (χ1) is 8.45. The second-order valence-electron chi connectivity index (χ2n) is 4.80. The fraction of sp³-hybridized carbons (Fsp3) is 0.500. The predicted octanol–water partition coefficient (Wildman–Crippen LogP) is 3.59. The maximum atomic E-state index is 12.7. The molecule has 0 radical (unpaired) electrons. The van der Waals surface area contributed by atoms with Crippen LogP contribution < -0.4 is 5.32 Å². The zero-order chi connectivity index (χ0) is 13.6. The van der Waals surface area contributed by atoms with Gasteiger partial charge in [0.2, 0.25) is 0 Å². The summed E-state index contributed by atoms with van der Waals surface area (Å²) in [6, 6.07) is 9.04. The zero-order valence-electron chi connectivity index (χ0n) is 11.0. The molecule has 0 saturated carbocycles. The van der Waals surface area contributed by atoms with Gasteiger partial charge in [-0.25, -0.2) is 4.39 Å².